The summed E-state index contributed by atoms with van der Waals surface area (Å²) in [6.45, 7) is 1.42. The Balaban J connectivity index is 1.66. The van der Waals surface area contributed by atoms with Gasteiger partial charge in [-0.1, -0.05) is 35.5 Å². The molecule has 0 saturated carbocycles. The van der Waals surface area contributed by atoms with Gasteiger partial charge in [-0.3, -0.25) is 4.79 Å². The Labute approximate surface area is 188 Å². The van der Waals surface area contributed by atoms with E-state index >= 15 is 0 Å². The van der Waals surface area contributed by atoms with Crippen LogP contribution in [0.15, 0.2) is 40.2 Å². The highest BCUT2D eigenvalue weighted by Crippen LogP contribution is 2.43. The lowest BCUT2D eigenvalue weighted by Gasteiger charge is -2.25. The lowest BCUT2D eigenvalue weighted by molar-refractivity contribution is 0.0987. The molecule has 1 saturated heterocycles. The molecule has 4 aromatic rings. The van der Waals surface area contributed by atoms with Gasteiger partial charge in [0.2, 0.25) is 5.89 Å². The second kappa shape index (κ2) is 8.29. The minimum atomic E-state index is -0.702. The average Bonchev–Trinajstić information content (AvgIpc) is 3.51. The summed E-state index contributed by atoms with van der Waals surface area (Å²) in [5, 5.41) is 6.90. The summed E-state index contributed by atoms with van der Waals surface area (Å²) in [6.07, 6.45) is 1.76. The standard InChI is InChI=1S/C22H23N7O2S/c1-28(2)11-16-24-20(17-14(12-32-22(17)25-16)13-7-4-3-5-8-13)29-10-6-9-15(29)21-26-19(18(23)30)27-31-21/h3-5,7-8,12,15H,6,9-11H2,1-2H3,(H2,23,30). The van der Waals surface area contributed by atoms with E-state index < -0.39 is 5.91 Å². The van der Waals surface area contributed by atoms with Gasteiger partial charge in [0.05, 0.1) is 11.9 Å². The van der Waals surface area contributed by atoms with E-state index in [2.05, 4.69) is 37.5 Å². The Hall–Kier alpha value is -3.37. The number of thiophene rings is 1. The fourth-order valence-corrected chi connectivity index (χ4v) is 5.07. The first-order chi connectivity index (χ1) is 15.5. The summed E-state index contributed by atoms with van der Waals surface area (Å²) in [5.74, 6) is 1.19. The number of hydrogen-bond acceptors (Lipinski definition) is 9. The molecule has 1 amide bonds. The monoisotopic (exact) mass is 449 g/mol. The summed E-state index contributed by atoms with van der Waals surface area (Å²) in [6, 6.07) is 10.1. The topological polar surface area (TPSA) is 114 Å². The number of amides is 1. The molecule has 1 aliphatic heterocycles. The summed E-state index contributed by atoms with van der Waals surface area (Å²) >= 11 is 1.62. The molecule has 1 atom stereocenters. The van der Waals surface area contributed by atoms with E-state index in [0.717, 1.165) is 52.4 Å². The number of benzene rings is 1. The van der Waals surface area contributed by atoms with Crippen molar-refractivity contribution < 1.29 is 9.32 Å². The van der Waals surface area contributed by atoms with Crippen molar-refractivity contribution in [3.63, 3.8) is 0 Å². The molecule has 1 aromatic carbocycles. The van der Waals surface area contributed by atoms with Crippen LogP contribution in [0.2, 0.25) is 0 Å². The van der Waals surface area contributed by atoms with Crippen LogP contribution in [0.4, 0.5) is 5.82 Å². The van der Waals surface area contributed by atoms with Gasteiger partial charge in [-0.05, 0) is 32.5 Å². The maximum atomic E-state index is 11.5. The SMILES string of the molecule is CN(C)Cc1nc(N2CCCC2c2nc(C(N)=O)no2)c2c(-c3ccccc3)csc2n1. The summed E-state index contributed by atoms with van der Waals surface area (Å²) < 4.78 is 5.41. The van der Waals surface area contributed by atoms with E-state index in [4.69, 9.17) is 20.2 Å². The molecule has 1 aliphatic rings. The van der Waals surface area contributed by atoms with Crippen LogP contribution in [0.3, 0.4) is 0 Å². The van der Waals surface area contributed by atoms with E-state index in [1.165, 1.54) is 0 Å². The van der Waals surface area contributed by atoms with Crippen molar-refractivity contribution >= 4 is 33.3 Å². The van der Waals surface area contributed by atoms with Gasteiger partial charge in [0.1, 0.15) is 22.5 Å². The molecule has 32 heavy (non-hydrogen) atoms. The fourth-order valence-electron chi connectivity index (χ4n) is 4.11. The van der Waals surface area contributed by atoms with E-state index in [-0.39, 0.29) is 11.9 Å². The van der Waals surface area contributed by atoms with Gasteiger partial charge < -0.3 is 20.1 Å². The normalized spacial score (nSPS) is 16.3. The number of nitrogens with zero attached hydrogens (tertiary/aromatic N) is 6. The number of carbonyl (C=O) groups excluding carboxylic acids is 1. The number of anilines is 1. The second-order valence-corrected chi connectivity index (χ2v) is 8.93. The first-order valence-electron chi connectivity index (χ1n) is 10.4. The first-order valence-corrected chi connectivity index (χ1v) is 11.3. The van der Waals surface area contributed by atoms with Gasteiger partial charge in [-0.25, -0.2) is 9.97 Å². The molecule has 0 aliphatic carbocycles. The predicted octanol–water partition coefficient (Wildman–Crippen LogP) is 3.24. The Kier molecular flexibility index (Phi) is 5.32. The molecule has 5 rings (SSSR count). The van der Waals surface area contributed by atoms with E-state index in [1.54, 1.807) is 11.3 Å². The van der Waals surface area contributed by atoms with Crippen LogP contribution >= 0.6 is 11.3 Å². The van der Waals surface area contributed by atoms with Gasteiger partial charge in [0.25, 0.3) is 11.7 Å². The van der Waals surface area contributed by atoms with Crippen LogP contribution in [0.25, 0.3) is 21.3 Å². The molecule has 164 valence electrons. The van der Waals surface area contributed by atoms with Crippen LogP contribution in [-0.4, -0.2) is 51.6 Å². The summed E-state index contributed by atoms with van der Waals surface area (Å²) in [7, 11) is 4.00. The molecule has 0 spiro atoms. The number of hydrogen-bond donors (Lipinski definition) is 1. The van der Waals surface area contributed by atoms with Crippen molar-refractivity contribution in [2.24, 2.45) is 5.73 Å². The zero-order chi connectivity index (χ0) is 22.2. The number of nitrogens with two attached hydrogens (primary N) is 1. The molecule has 1 unspecified atom stereocenters. The maximum absolute atomic E-state index is 11.5. The third-order valence-electron chi connectivity index (χ3n) is 5.48. The van der Waals surface area contributed by atoms with Gasteiger partial charge in [-0.2, -0.15) is 4.98 Å². The van der Waals surface area contributed by atoms with Gasteiger partial charge in [0.15, 0.2) is 0 Å². The molecular formula is C22H23N7O2S. The highest BCUT2D eigenvalue weighted by Gasteiger charge is 2.34. The van der Waals surface area contributed by atoms with Crippen molar-refractivity contribution in [2.75, 3.05) is 25.5 Å². The zero-order valence-corrected chi connectivity index (χ0v) is 18.7. The third kappa shape index (κ3) is 3.71. The van der Waals surface area contributed by atoms with Crippen molar-refractivity contribution in [1.82, 2.24) is 25.0 Å². The molecule has 4 heterocycles. The summed E-state index contributed by atoms with van der Waals surface area (Å²) in [5.41, 5.74) is 7.54. The Morgan fingerprint density at radius 2 is 2.06 bits per heavy atom. The number of rotatable bonds is 6. The average molecular weight is 450 g/mol. The minimum Gasteiger partial charge on any atom is -0.363 e. The van der Waals surface area contributed by atoms with Crippen molar-refractivity contribution in [1.29, 1.82) is 0 Å². The molecule has 0 radical (unpaired) electrons. The van der Waals surface area contributed by atoms with E-state index in [9.17, 15) is 4.79 Å². The molecule has 10 heteroatoms. The Bertz CT molecular complexity index is 1270. The number of fused-ring (bicyclic) bond motifs is 1. The molecule has 3 aromatic heterocycles. The Morgan fingerprint density at radius 1 is 1.25 bits per heavy atom. The zero-order valence-electron chi connectivity index (χ0n) is 17.9. The lowest BCUT2D eigenvalue weighted by Crippen LogP contribution is -2.25. The number of aromatic nitrogens is 4. The fraction of sp³-hybridized carbons (Fsp3) is 0.318. The van der Waals surface area contributed by atoms with Crippen molar-refractivity contribution in [3.8, 4) is 11.1 Å². The van der Waals surface area contributed by atoms with Gasteiger partial charge in [-0.15, -0.1) is 11.3 Å². The second-order valence-electron chi connectivity index (χ2n) is 8.07. The largest absolute Gasteiger partial charge is 0.363 e. The number of primary amides is 1. The van der Waals surface area contributed by atoms with Crippen LogP contribution in [-0.2, 0) is 6.54 Å². The molecule has 1 fully saturated rings. The molecule has 0 bridgehead atoms. The van der Waals surface area contributed by atoms with E-state index in [1.807, 2.05) is 32.3 Å². The van der Waals surface area contributed by atoms with Crippen LogP contribution in [0.5, 0.6) is 0 Å². The summed E-state index contributed by atoms with van der Waals surface area (Å²) in [4.78, 5) is 30.7. The van der Waals surface area contributed by atoms with Crippen LogP contribution < -0.4 is 10.6 Å². The minimum absolute atomic E-state index is 0.103. The highest BCUT2D eigenvalue weighted by atomic mass is 32.1. The maximum Gasteiger partial charge on any atom is 0.290 e. The predicted molar refractivity (Wildman–Crippen MR) is 122 cm³/mol. The van der Waals surface area contributed by atoms with Crippen molar-refractivity contribution in [2.45, 2.75) is 25.4 Å². The quantitative estimate of drug-likeness (QED) is 0.477. The first kappa shape index (κ1) is 20.5. The highest BCUT2D eigenvalue weighted by molar-refractivity contribution is 7.17. The lowest BCUT2D eigenvalue weighted by atomic mass is 10.1. The molecular weight excluding hydrogens is 426 g/mol. The number of carbonyl (C=O) groups is 1. The van der Waals surface area contributed by atoms with E-state index in [0.29, 0.717) is 12.4 Å². The van der Waals surface area contributed by atoms with Crippen LogP contribution in [0.1, 0.15) is 41.2 Å². The molecule has 9 nitrogen and oxygen atoms in total. The van der Waals surface area contributed by atoms with Crippen LogP contribution in [0, 0.1) is 0 Å². The Morgan fingerprint density at radius 3 is 2.78 bits per heavy atom. The smallest absolute Gasteiger partial charge is 0.290 e. The van der Waals surface area contributed by atoms with Crippen molar-refractivity contribution in [3.05, 3.63) is 53.3 Å². The molecule has 2 N–H and O–H groups in total. The third-order valence-corrected chi connectivity index (χ3v) is 6.35. The van der Waals surface area contributed by atoms with Gasteiger partial charge in [0, 0.05) is 17.5 Å². The van der Waals surface area contributed by atoms with Gasteiger partial charge >= 0.3 is 0 Å².